The minimum absolute atomic E-state index is 0.416. The number of ether oxygens (including phenoxy) is 1. The Hall–Kier alpha value is -2.55. The lowest BCUT2D eigenvalue weighted by Gasteiger charge is -2.07. The lowest BCUT2D eigenvalue weighted by atomic mass is 10.2. The zero-order valence-corrected chi connectivity index (χ0v) is 10.4. The Morgan fingerprint density at radius 2 is 1.74 bits per heavy atom. The van der Waals surface area contributed by atoms with Crippen LogP contribution in [0.3, 0.4) is 0 Å². The van der Waals surface area contributed by atoms with Crippen molar-refractivity contribution >= 4 is 11.0 Å². The topological polar surface area (TPSA) is 39.4 Å². The minimum atomic E-state index is -0.416. The summed E-state index contributed by atoms with van der Waals surface area (Å²) >= 11 is 0. The van der Waals surface area contributed by atoms with Gasteiger partial charge in [-0.15, -0.1) is 0 Å². The van der Waals surface area contributed by atoms with Crippen molar-refractivity contribution in [3.63, 3.8) is 0 Å². The van der Waals surface area contributed by atoms with Gasteiger partial charge in [0.15, 0.2) is 0 Å². The summed E-state index contributed by atoms with van der Waals surface area (Å²) in [6.07, 6.45) is 0. The molecule has 0 saturated carbocycles. The summed E-state index contributed by atoms with van der Waals surface area (Å²) in [5.74, 6) is 1.21. The van der Waals surface area contributed by atoms with Crippen LogP contribution in [0.4, 0.5) is 0 Å². The molecule has 3 nitrogen and oxygen atoms in total. The van der Waals surface area contributed by atoms with Crippen LogP contribution >= 0.6 is 0 Å². The van der Waals surface area contributed by atoms with Gasteiger partial charge in [0.1, 0.15) is 17.1 Å². The molecule has 0 radical (unpaired) electrons. The maximum absolute atomic E-state index is 11.5. The molecule has 0 atom stereocenters. The molecule has 1 aromatic heterocycles. The molecule has 3 heteroatoms. The van der Waals surface area contributed by atoms with Crippen molar-refractivity contribution in [3.8, 4) is 11.5 Å². The van der Waals surface area contributed by atoms with E-state index < -0.39 is 5.63 Å². The van der Waals surface area contributed by atoms with Gasteiger partial charge in [-0.3, -0.25) is 0 Å². The Morgan fingerprint density at radius 3 is 2.53 bits per heavy atom. The van der Waals surface area contributed by atoms with Crippen LogP contribution in [0, 0.1) is 6.92 Å². The average Bonchev–Trinajstić information content (AvgIpc) is 2.41. The highest BCUT2D eigenvalue weighted by Gasteiger charge is 2.06. The van der Waals surface area contributed by atoms with Crippen LogP contribution in [0.1, 0.15) is 5.56 Å². The monoisotopic (exact) mass is 252 g/mol. The van der Waals surface area contributed by atoms with Gasteiger partial charge < -0.3 is 9.15 Å². The van der Waals surface area contributed by atoms with Crippen molar-refractivity contribution in [1.82, 2.24) is 0 Å². The molecule has 0 spiro atoms. The SMILES string of the molecule is Cc1ccc(Oc2cc(=O)oc3ccccc23)cc1. The molecule has 0 amide bonds. The predicted octanol–water partition coefficient (Wildman–Crippen LogP) is 3.89. The highest BCUT2D eigenvalue weighted by atomic mass is 16.5. The summed E-state index contributed by atoms with van der Waals surface area (Å²) in [5, 5.41) is 0.780. The minimum Gasteiger partial charge on any atom is -0.456 e. The van der Waals surface area contributed by atoms with Gasteiger partial charge in [-0.25, -0.2) is 4.79 Å². The summed E-state index contributed by atoms with van der Waals surface area (Å²) in [7, 11) is 0. The molecule has 3 aromatic rings. The van der Waals surface area contributed by atoms with Gasteiger partial charge >= 0.3 is 5.63 Å². The quantitative estimate of drug-likeness (QED) is 0.649. The normalized spacial score (nSPS) is 10.6. The Morgan fingerprint density at radius 1 is 1.00 bits per heavy atom. The first kappa shape index (κ1) is 11.5. The van der Waals surface area contributed by atoms with Crippen LogP contribution in [0.5, 0.6) is 11.5 Å². The standard InChI is InChI=1S/C16H12O3/c1-11-6-8-12(9-7-11)18-15-10-16(17)19-14-5-3-2-4-13(14)15/h2-10H,1H3. The van der Waals surface area contributed by atoms with Crippen molar-refractivity contribution in [1.29, 1.82) is 0 Å². The van der Waals surface area contributed by atoms with Gasteiger partial charge in [-0.05, 0) is 31.2 Å². The average molecular weight is 252 g/mol. The van der Waals surface area contributed by atoms with Crippen molar-refractivity contribution in [2.75, 3.05) is 0 Å². The molecule has 0 bridgehead atoms. The van der Waals surface area contributed by atoms with E-state index in [1.54, 1.807) is 6.07 Å². The number of rotatable bonds is 2. The molecule has 1 heterocycles. The summed E-state index contributed by atoms with van der Waals surface area (Å²) in [6, 6.07) is 16.3. The number of hydrogen-bond donors (Lipinski definition) is 0. The van der Waals surface area contributed by atoms with Gasteiger partial charge in [-0.2, -0.15) is 0 Å². The molecule has 0 aliphatic carbocycles. The van der Waals surface area contributed by atoms with Gasteiger partial charge in [0.25, 0.3) is 0 Å². The van der Waals surface area contributed by atoms with Gasteiger partial charge in [0.2, 0.25) is 0 Å². The third kappa shape index (κ3) is 2.36. The lowest BCUT2D eigenvalue weighted by Crippen LogP contribution is -1.98. The van der Waals surface area contributed by atoms with Crippen LogP contribution in [0.15, 0.2) is 63.8 Å². The van der Waals surface area contributed by atoms with Crippen LogP contribution in [-0.4, -0.2) is 0 Å². The fourth-order valence-corrected chi connectivity index (χ4v) is 1.90. The summed E-state index contributed by atoms with van der Waals surface area (Å²) in [5.41, 5.74) is 1.27. The molecule has 0 fully saturated rings. The first-order chi connectivity index (χ1) is 9.22. The van der Waals surface area contributed by atoms with E-state index in [0.717, 1.165) is 10.9 Å². The molecule has 94 valence electrons. The predicted molar refractivity (Wildman–Crippen MR) is 73.7 cm³/mol. The van der Waals surface area contributed by atoms with Crippen LogP contribution in [-0.2, 0) is 0 Å². The molecule has 19 heavy (non-hydrogen) atoms. The van der Waals surface area contributed by atoms with E-state index in [2.05, 4.69) is 0 Å². The van der Waals surface area contributed by atoms with Crippen molar-refractivity contribution in [2.24, 2.45) is 0 Å². The number of fused-ring (bicyclic) bond motifs is 1. The maximum Gasteiger partial charge on any atom is 0.339 e. The van der Waals surface area contributed by atoms with Gasteiger partial charge in [0, 0.05) is 0 Å². The molecular formula is C16H12O3. The summed E-state index contributed by atoms with van der Waals surface area (Å²) < 4.78 is 10.9. The first-order valence-electron chi connectivity index (χ1n) is 6.00. The first-order valence-corrected chi connectivity index (χ1v) is 6.00. The van der Waals surface area contributed by atoms with E-state index in [4.69, 9.17) is 9.15 Å². The number of aryl methyl sites for hydroxylation is 1. The molecule has 2 aromatic carbocycles. The number of benzene rings is 2. The summed E-state index contributed by atoms with van der Waals surface area (Å²) in [4.78, 5) is 11.5. The number of hydrogen-bond acceptors (Lipinski definition) is 3. The second-order valence-electron chi connectivity index (χ2n) is 4.34. The van der Waals surface area contributed by atoms with Gasteiger partial charge in [-0.1, -0.05) is 29.8 Å². The largest absolute Gasteiger partial charge is 0.456 e. The lowest BCUT2D eigenvalue weighted by molar-refractivity contribution is 0.475. The second-order valence-corrected chi connectivity index (χ2v) is 4.34. The zero-order valence-electron chi connectivity index (χ0n) is 10.4. The van der Waals surface area contributed by atoms with Crippen molar-refractivity contribution < 1.29 is 9.15 Å². The molecule has 0 saturated heterocycles. The fraction of sp³-hybridized carbons (Fsp3) is 0.0625. The Balaban J connectivity index is 2.09. The molecule has 3 rings (SSSR count). The second kappa shape index (κ2) is 4.61. The molecule has 0 aliphatic heterocycles. The zero-order chi connectivity index (χ0) is 13.2. The third-order valence-corrected chi connectivity index (χ3v) is 2.86. The van der Waals surface area contributed by atoms with Crippen LogP contribution in [0.25, 0.3) is 11.0 Å². The van der Waals surface area contributed by atoms with Crippen LogP contribution in [0.2, 0.25) is 0 Å². The number of para-hydroxylation sites is 1. The van der Waals surface area contributed by atoms with E-state index >= 15 is 0 Å². The van der Waals surface area contributed by atoms with Crippen molar-refractivity contribution in [3.05, 3.63) is 70.6 Å². The van der Waals surface area contributed by atoms with E-state index in [1.165, 1.54) is 6.07 Å². The Labute approximate surface area is 110 Å². The summed E-state index contributed by atoms with van der Waals surface area (Å²) in [6.45, 7) is 2.01. The van der Waals surface area contributed by atoms with E-state index in [-0.39, 0.29) is 0 Å². The van der Waals surface area contributed by atoms with Crippen LogP contribution < -0.4 is 10.4 Å². The Kier molecular flexibility index (Phi) is 2.80. The highest BCUT2D eigenvalue weighted by molar-refractivity contribution is 5.83. The van der Waals surface area contributed by atoms with Crippen molar-refractivity contribution in [2.45, 2.75) is 6.92 Å². The molecule has 0 N–H and O–H groups in total. The Bertz CT molecular complexity index is 770. The molecular weight excluding hydrogens is 240 g/mol. The van der Waals surface area contributed by atoms with E-state index in [9.17, 15) is 4.79 Å². The molecule has 0 aliphatic rings. The molecule has 0 unspecified atom stereocenters. The maximum atomic E-state index is 11.5. The third-order valence-electron chi connectivity index (χ3n) is 2.86. The van der Waals surface area contributed by atoms with Gasteiger partial charge in [0.05, 0.1) is 11.5 Å². The highest BCUT2D eigenvalue weighted by Crippen LogP contribution is 2.28. The smallest absolute Gasteiger partial charge is 0.339 e. The van der Waals surface area contributed by atoms with E-state index in [1.807, 2.05) is 49.4 Å². The fourth-order valence-electron chi connectivity index (χ4n) is 1.90. The van der Waals surface area contributed by atoms with E-state index in [0.29, 0.717) is 17.1 Å².